The Morgan fingerprint density at radius 2 is 1.74 bits per heavy atom. The van der Waals surface area contributed by atoms with Gasteiger partial charge in [-0.3, -0.25) is 9.59 Å². The molecule has 2 aliphatic rings. The zero-order valence-electron chi connectivity index (χ0n) is 14.9. The van der Waals surface area contributed by atoms with Gasteiger partial charge >= 0.3 is 5.97 Å². The van der Waals surface area contributed by atoms with Crippen LogP contribution in [0.4, 0.5) is 0 Å². The van der Waals surface area contributed by atoms with E-state index < -0.39 is 12.0 Å². The van der Waals surface area contributed by atoms with Gasteiger partial charge in [0.05, 0.1) is 4.87 Å². The van der Waals surface area contributed by atoms with Crippen molar-refractivity contribution in [2.45, 2.75) is 30.7 Å². The molecule has 5 nitrogen and oxygen atoms in total. The number of benzene rings is 2. The molecule has 0 saturated carbocycles. The molecule has 2 saturated heterocycles. The summed E-state index contributed by atoms with van der Waals surface area (Å²) in [5.41, 5.74) is 1.14. The summed E-state index contributed by atoms with van der Waals surface area (Å²) in [4.78, 5) is 38.5. The van der Waals surface area contributed by atoms with Crippen LogP contribution in [0.25, 0.3) is 0 Å². The number of rotatable bonds is 4. The van der Waals surface area contributed by atoms with Crippen LogP contribution in [0, 0.1) is 0 Å². The second-order valence-electron chi connectivity index (χ2n) is 6.91. The highest BCUT2D eigenvalue weighted by Crippen LogP contribution is 2.47. The van der Waals surface area contributed by atoms with Crippen LogP contribution in [-0.4, -0.2) is 39.2 Å². The largest absolute Gasteiger partial charge is 0.425 e. The molecule has 0 bridgehead atoms. The summed E-state index contributed by atoms with van der Waals surface area (Å²) in [6.45, 7) is 2.00. The van der Waals surface area contributed by atoms with Gasteiger partial charge in [0.15, 0.2) is 5.78 Å². The molecule has 0 spiro atoms. The van der Waals surface area contributed by atoms with Crippen molar-refractivity contribution in [1.29, 1.82) is 0 Å². The molecule has 4 rings (SSSR count). The van der Waals surface area contributed by atoms with Crippen molar-refractivity contribution in [2.24, 2.45) is 0 Å². The molecule has 1 amide bonds. The summed E-state index contributed by atoms with van der Waals surface area (Å²) in [5, 5.41) is 0. The maximum atomic E-state index is 12.6. The molecule has 2 heterocycles. The first kappa shape index (κ1) is 17.8. The van der Waals surface area contributed by atoms with Crippen molar-refractivity contribution >= 4 is 29.4 Å². The number of nitrogens with zero attached hydrogens (tertiary/aromatic N) is 1. The number of hydrogen-bond donors (Lipinski definition) is 0. The molecule has 0 unspecified atom stereocenters. The van der Waals surface area contributed by atoms with Gasteiger partial charge in [-0.25, -0.2) is 4.79 Å². The van der Waals surface area contributed by atoms with Crippen LogP contribution in [0.15, 0.2) is 54.6 Å². The Bertz CT molecular complexity index is 896. The number of thioether (sulfide) groups is 1. The first-order valence-electron chi connectivity index (χ1n) is 8.85. The van der Waals surface area contributed by atoms with Gasteiger partial charge in [-0.1, -0.05) is 30.3 Å². The fraction of sp³-hybridized carbons (Fsp3) is 0.286. The van der Waals surface area contributed by atoms with Gasteiger partial charge in [-0.15, -0.1) is 11.8 Å². The Kier molecular flexibility index (Phi) is 4.52. The molecule has 0 aromatic heterocycles. The smallest absolute Gasteiger partial charge is 0.335 e. The van der Waals surface area contributed by atoms with E-state index in [-0.39, 0.29) is 16.6 Å². The average molecular weight is 381 g/mol. The van der Waals surface area contributed by atoms with E-state index in [0.717, 1.165) is 6.42 Å². The van der Waals surface area contributed by atoms with Crippen LogP contribution in [-0.2, 0) is 9.59 Å². The molecule has 0 N–H and O–H groups in total. The van der Waals surface area contributed by atoms with Gasteiger partial charge in [-0.2, -0.15) is 0 Å². The lowest BCUT2D eigenvalue weighted by atomic mass is 10.0. The van der Waals surface area contributed by atoms with Crippen LogP contribution in [0.1, 0.15) is 35.7 Å². The maximum Gasteiger partial charge on any atom is 0.335 e. The van der Waals surface area contributed by atoms with E-state index in [4.69, 9.17) is 4.74 Å². The molecule has 0 aliphatic carbocycles. The molecular weight excluding hydrogens is 362 g/mol. The Hall–Kier alpha value is -2.60. The first-order valence-corrected chi connectivity index (χ1v) is 9.84. The van der Waals surface area contributed by atoms with Gasteiger partial charge < -0.3 is 9.64 Å². The standard InChI is InChI=1S/C21H19NO4S/c1-21-12-11-18(23)22(21)17(13-27-21)20(25)26-16-9-7-15(8-10-16)19(24)14-5-3-2-4-6-14/h2-10,17H,11-13H2,1H3/t17-,21+/m1/s1. The van der Waals surface area contributed by atoms with Crippen LogP contribution in [0.5, 0.6) is 5.75 Å². The van der Waals surface area contributed by atoms with Crippen molar-refractivity contribution in [2.75, 3.05) is 5.75 Å². The van der Waals surface area contributed by atoms with Crippen molar-refractivity contribution in [1.82, 2.24) is 4.90 Å². The Morgan fingerprint density at radius 1 is 1.07 bits per heavy atom. The Labute approximate surface area is 161 Å². The van der Waals surface area contributed by atoms with Crippen LogP contribution >= 0.6 is 11.8 Å². The molecule has 2 aromatic rings. The average Bonchev–Trinajstić information content (AvgIpc) is 3.18. The van der Waals surface area contributed by atoms with E-state index in [0.29, 0.717) is 29.1 Å². The second-order valence-corrected chi connectivity index (χ2v) is 8.41. The van der Waals surface area contributed by atoms with Gasteiger partial charge in [-0.05, 0) is 37.6 Å². The highest BCUT2D eigenvalue weighted by molar-refractivity contribution is 8.01. The lowest BCUT2D eigenvalue weighted by molar-refractivity contribution is -0.146. The summed E-state index contributed by atoms with van der Waals surface area (Å²) >= 11 is 1.63. The highest BCUT2D eigenvalue weighted by Gasteiger charge is 2.53. The van der Waals surface area contributed by atoms with E-state index in [1.807, 2.05) is 25.1 Å². The molecule has 6 heteroatoms. The minimum atomic E-state index is -0.555. The van der Waals surface area contributed by atoms with Gasteiger partial charge in [0.1, 0.15) is 11.8 Å². The summed E-state index contributed by atoms with van der Waals surface area (Å²) in [5.74, 6) is 0.414. The molecule has 27 heavy (non-hydrogen) atoms. The zero-order valence-corrected chi connectivity index (χ0v) is 15.7. The molecule has 2 fully saturated rings. The number of esters is 1. The van der Waals surface area contributed by atoms with Crippen molar-refractivity contribution < 1.29 is 19.1 Å². The number of ketones is 1. The molecule has 2 aromatic carbocycles. The van der Waals surface area contributed by atoms with Gasteiger partial charge in [0.25, 0.3) is 0 Å². The molecule has 2 aliphatic heterocycles. The summed E-state index contributed by atoms with van der Waals surface area (Å²) in [7, 11) is 0. The van der Waals surface area contributed by atoms with Crippen LogP contribution < -0.4 is 4.74 Å². The minimum Gasteiger partial charge on any atom is -0.425 e. The number of hydrogen-bond acceptors (Lipinski definition) is 5. The summed E-state index contributed by atoms with van der Waals surface area (Å²) < 4.78 is 5.48. The third kappa shape index (κ3) is 3.25. The fourth-order valence-electron chi connectivity index (χ4n) is 3.61. The van der Waals surface area contributed by atoms with Crippen molar-refractivity contribution in [3.8, 4) is 5.75 Å². The topological polar surface area (TPSA) is 63.7 Å². The third-order valence-corrected chi connectivity index (χ3v) is 6.59. The van der Waals surface area contributed by atoms with Gasteiger partial charge in [0.2, 0.25) is 5.91 Å². The lowest BCUT2D eigenvalue weighted by Crippen LogP contribution is -2.47. The SMILES string of the molecule is C[C@]12CCC(=O)N1[C@@H](C(=O)Oc1ccc(C(=O)c3ccccc3)cc1)CS2. The lowest BCUT2D eigenvalue weighted by Gasteiger charge is -2.29. The van der Waals surface area contributed by atoms with E-state index in [9.17, 15) is 14.4 Å². The van der Waals surface area contributed by atoms with E-state index in [2.05, 4.69) is 0 Å². The second kappa shape index (κ2) is 6.85. The molecule has 2 atom stereocenters. The first-order chi connectivity index (χ1) is 13.0. The molecule has 0 radical (unpaired) electrons. The molecule has 138 valence electrons. The Morgan fingerprint density at radius 3 is 2.44 bits per heavy atom. The normalized spacial score (nSPS) is 24.0. The van der Waals surface area contributed by atoms with E-state index >= 15 is 0 Å². The van der Waals surface area contributed by atoms with E-state index in [1.54, 1.807) is 53.1 Å². The number of carbonyl (C=O) groups excluding carboxylic acids is 3. The quantitative estimate of drug-likeness (QED) is 0.462. The number of amides is 1. The number of ether oxygens (including phenoxy) is 1. The zero-order chi connectivity index (χ0) is 19.0. The van der Waals surface area contributed by atoms with Crippen LogP contribution in [0.3, 0.4) is 0 Å². The van der Waals surface area contributed by atoms with Gasteiger partial charge in [0, 0.05) is 23.3 Å². The summed E-state index contributed by atoms with van der Waals surface area (Å²) in [6.07, 6.45) is 1.24. The van der Waals surface area contributed by atoms with Crippen molar-refractivity contribution in [3.05, 3.63) is 65.7 Å². The third-order valence-electron chi connectivity index (χ3n) is 5.09. The fourth-order valence-corrected chi connectivity index (χ4v) is 5.03. The summed E-state index contributed by atoms with van der Waals surface area (Å²) in [6, 6.07) is 15.0. The Balaban J connectivity index is 1.45. The van der Waals surface area contributed by atoms with Crippen molar-refractivity contribution in [3.63, 3.8) is 0 Å². The predicted octanol–water partition coefficient (Wildman–Crippen LogP) is 3.28. The predicted molar refractivity (Wildman–Crippen MR) is 103 cm³/mol. The minimum absolute atomic E-state index is 0.00764. The number of fused-ring (bicyclic) bond motifs is 1. The monoisotopic (exact) mass is 381 g/mol. The number of carbonyl (C=O) groups is 3. The van der Waals surface area contributed by atoms with E-state index in [1.165, 1.54) is 0 Å². The van der Waals surface area contributed by atoms with Crippen LogP contribution in [0.2, 0.25) is 0 Å². The highest BCUT2D eigenvalue weighted by atomic mass is 32.2. The maximum absolute atomic E-state index is 12.6. The molecular formula is C21H19NO4S.